The highest BCUT2D eigenvalue weighted by Gasteiger charge is 2.22. The van der Waals surface area contributed by atoms with E-state index in [2.05, 4.69) is 22.0 Å². The molecule has 17 heavy (non-hydrogen) atoms. The normalized spacial score (nSPS) is 25.6. The van der Waals surface area contributed by atoms with E-state index >= 15 is 0 Å². The number of aliphatic hydroxyl groups is 1. The molecule has 1 aliphatic rings. The minimum Gasteiger partial charge on any atom is -0.393 e. The van der Waals surface area contributed by atoms with Gasteiger partial charge in [0.2, 0.25) is 0 Å². The molecule has 2 unspecified atom stereocenters. The second kappa shape index (κ2) is 6.21. The quantitative estimate of drug-likeness (QED) is 0.791. The van der Waals surface area contributed by atoms with Crippen LogP contribution >= 0.6 is 27.5 Å². The van der Waals surface area contributed by atoms with Gasteiger partial charge in [-0.3, -0.25) is 0 Å². The molecule has 2 atom stereocenters. The fraction of sp³-hybridized carbons (Fsp3) is 0.571. The van der Waals surface area contributed by atoms with E-state index in [1.165, 1.54) is 12.8 Å². The predicted molar refractivity (Wildman–Crippen MR) is 75.4 cm³/mol. The van der Waals surface area contributed by atoms with Crippen molar-refractivity contribution < 1.29 is 5.11 Å². The molecule has 1 fully saturated rings. The lowest BCUT2D eigenvalue weighted by atomic mass is 9.90. The lowest BCUT2D eigenvalue weighted by Gasteiger charge is -2.20. The molecule has 0 radical (unpaired) electrons. The Morgan fingerprint density at radius 1 is 1.24 bits per heavy atom. The Bertz CT molecular complexity index is 380. The molecule has 0 aliphatic heterocycles. The summed E-state index contributed by atoms with van der Waals surface area (Å²) >= 11 is 9.64. The van der Waals surface area contributed by atoms with Crippen LogP contribution < -0.4 is 0 Å². The highest BCUT2D eigenvalue weighted by molar-refractivity contribution is 9.10. The SMILES string of the molecule is OC1CCCCCC1Cc1ccc(Br)cc1Cl. The van der Waals surface area contributed by atoms with Gasteiger partial charge in [-0.05, 0) is 42.9 Å². The second-order valence-electron chi connectivity index (χ2n) is 4.91. The van der Waals surface area contributed by atoms with Gasteiger partial charge in [-0.1, -0.05) is 52.9 Å². The maximum atomic E-state index is 10.1. The van der Waals surface area contributed by atoms with Gasteiger partial charge < -0.3 is 5.11 Å². The molecule has 1 saturated carbocycles. The summed E-state index contributed by atoms with van der Waals surface area (Å²) in [5.74, 6) is 0.371. The molecule has 94 valence electrons. The van der Waals surface area contributed by atoms with Gasteiger partial charge in [0.25, 0.3) is 0 Å². The zero-order chi connectivity index (χ0) is 12.3. The molecular weight excluding hydrogens is 300 g/mol. The summed E-state index contributed by atoms with van der Waals surface area (Å²) in [4.78, 5) is 0. The third-order valence-electron chi connectivity index (χ3n) is 3.62. The Morgan fingerprint density at radius 2 is 2.00 bits per heavy atom. The van der Waals surface area contributed by atoms with Crippen molar-refractivity contribution in [1.82, 2.24) is 0 Å². The molecule has 1 nitrogen and oxygen atoms in total. The summed E-state index contributed by atoms with van der Waals surface area (Å²) < 4.78 is 1.01. The zero-order valence-electron chi connectivity index (χ0n) is 9.83. The number of benzene rings is 1. The van der Waals surface area contributed by atoms with E-state index in [9.17, 15) is 5.11 Å². The van der Waals surface area contributed by atoms with E-state index in [4.69, 9.17) is 11.6 Å². The zero-order valence-corrected chi connectivity index (χ0v) is 12.2. The first-order valence-corrected chi connectivity index (χ1v) is 7.46. The van der Waals surface area contributed by atoms with Gasteiger partial charge in [0, 0.05) is 9.50 Å². The van der Waals surface area contributed by atoms with Gasteiger partial charge in [0.1, 0.15) is 0 Å². The minimum atomic E-state index is -0.155. The Hall–Kier alpha value is -0.0500. The van der Waals surface area contributed by atoms with Gasteiger partial charge in [-0.2, -0.15) is 0 Å². The molecule has 1 aliphatic carbocycles. The van der Waals surface area contributed by atoms with Crippen molar-refractivity contribution in [3.05, 3.63) is 33.3 Å². The summed E-state index contributed by atoms with van der Waals surface area (Å²) in [6.07, 6.45) is 6.44. The van der Waals surface area contributed by atoms with Crippen molar-refractivity contribution in [2.75, 3.05) is 0 Å². The first kappa shape index (κ1) is 13.4. The summed E-state index contributed by atoms with van der Waals surface area (Å²) in [7, 11) is 0. The average molecular weight is 318 g/mol. The number of aliphatic hydroxyl groups excluding tert-OH is 1. The lowest BCUT2D eigenvalue weighted by Crippen LogP contribution is -2.21. The summed E-state index contributed by atoms with van der Waals surface area (Å²) in [6.45, 7) is 0. The van der Waals surface area contributed by atoms with Crippen molar-refractivity contribution in [2.24, 2.45) is 5.92 Å². The molecular formula is C14H18BrClO. The van der Waals surface area contributed by atoms with E-state index in [0.717, 1.165) is 40.7 Å². The molecule has 2 rings (SSSR count). The Morgan fingerprint density at radius 3 is 2.76 bits per heavy atom. The summed E-state index contributed by atoms with van der Waals surface area (Å²) in [6, 6.07) is 6.01. The highest BCUT2D eigenvalue weighted by Crippen LogP contribution is 2.30. The molecule has 1 aromatic rings. The van der Waals surface area contributed by atoms with Crippen LogP contribution in [0.3, 0.4) is 0 Å². The van der Waals surface area contributed by atoms with Gasteiger partial charge in [-0.25, -0.2) is 0 Å². The smallest absolute Gasteiger partial charge is 0.0571 e. The van der Waals surface area contributed by atoms with Crippen LogP contribution in [0, 0.1) is 5.92 Å². The molecule has 1 N–H and O–H groups in total. The van der Waals surface area contributed by atoms with Crippen molar-refractivity contribution >= 4 is 27.5 Å². The fourth-order valence-corrected chi connectivity index (χ4v) is 3.32. The molecule has 0 heterocycles. The van der Waals surface area contributed by atoms with Crippen LogP contribution in [0.4, 0.5) is 0 Å². The molecule has 1 aromatic carbocycles. The highest BCUT2D eigenvalue weighted by atomic mass is 79.9. The summed E-state index contributed by atoms with van der Waals surface area (Å²) in [5.41, 5.74) is 1.15. The topological polar surface area (TPSA) is 20.2 Å². The van der Waals surface area contributed by atoms with E-state index in [1.54, 1.807) is 0 Å². The van der Waals surface area contributed by atoms with Crippen molar-refractivity contribution in [2.45, 2.75) is 44.6 Å². The van der Waals surface area contributed by atoms with Gasteiger partial charge in [-0.15, -0.1) is 0 Å². The van der Waals surface area contributed by atoms with Crippen LogP contribution in [0.15, 0.2) is 22.7 Å². The molecule has 0 spiro atoms. The van der Waals surface area contributed by atoms with Crippen LogP contribution in [-0.2, 0) is 6.42 Å². The van der Waals surface area contributed by atoms with Crippen LogP contribution in [0.25, 0.3) is 0 Å². The van der Waals surface area contributed by atoms with E-state index < -0.39 is 0 Å². The fourth-order valence-electron chi connectivity index (χ4n) is 2.57. The van der Waals surface area contributed by atoms with Crippen LogP contribution in [0.5, 0.6) is 0 Å². The maximum absolute atomic E-state index is 10.1. The molecule has 0 bridgehead atoms. The monoisotopic (exact) mass is 316 g/mol. The third-order valence-corrected chi connectivity index (χ3v) is 4.46. The maximum Gasteiger partial charge on any atom is 0.0571 e. The van der Waals surface area contributed by atoms with E-state index in [0.29, 0.717) is 5.92 Å². The van der Waals surface area contributed by atoms with Gasteiger partial charge >= 0.3 is 0 Å². The second-order valence-corrected chi connectivity index (χ2v) is 6.23. The van der Waals surface area contributed by atoms with Gasteiger partial charge in [0.15, 0.2) is 0 Å². The standard InChI is InChI=1S/C14H18BrClO/c15-12-7-6-10(13(16)9-12)8-11-4-2-1-3-5-14(11)17/h6-7,9,11,14,17H,1-5,8H2. The van der Waals surface area contributed by atoms with Gasteiger partial charge in [0.05, 0.1) is 6.10 Å². The third kappa shape index (κ3) is 3.70. The minimum absolute atomic E-state index is 0.155. The van der Waals surface area contributed by atoms with Crippen molar-refractivity contribution in [3.8, 4) is 0 Å². The Balaban J connectivity index is 2.08. The largest absolute Gasteiger partial charge is 0.393 e. The number of hydrogen-bond acceptors (Lipinski definition) is 1. The van der Waals surface area contributed by atoms with E-state index in [1.807, 2.05) is 12.1 Å². The number of halogens is 2. The predicted octanol–water partition coefficient (Wildman–Crippen LogP) is 4.59. The average Bonchev–Trinajstić information content (AvgIpc) is 2.48. The Kier molecular flexibility index (Phi) is 4.89. The van der Waals surface area contributed by atoms with E-state index in [-0.39, 0.29) is 6.10 Å². The number of hydrogen-bond donors (Lipinski definition) is 1. The number of rotatable bonds is 2. The van der Waals surface area contributed by atoms with Crippen molar-refractivity contribution in [1.29, 1.82) is 0 Å². The first-order valence-electron chi connectivity index (χ1n) is 6.29. The Labute approximate surface area is 116 Å². The first-order chi connectivity index (χ1) is 8.16. The molecule has 0 saturated heterocycles. The van der Waals surface area contributed by atoms with Crippen molar-refractivity contribution in [3.63, 3.8) is 0 Å². The molecule has 3 heteroatoms. The van der Waals surface area contributed by atoms with Crippen LogP contribution in [0.1, 0.15) is 37.7 Å². The lowest BCUT2D eigenvalue weighted by molar-refractivity contribution is 0.101. The molecule has 0 aromatic heterocycles. The molecule has 0 amide bonds. The summed E-state index contributed by atoms with van der Waals surface area (Å²) in [5, 5.41) is 10.9. The van der Waals surface area contributed by atoms with Crippen LogP contribution in [-0.4, -0.2) is 11.2 Å². The van der Waals surface area contributed by atoms with Crippen LogP contribution in [0.2, 0.25) is 5.02 Å².